The van der Waals surface area contributed by atoms with Crippen LogP contribution >= 0.6 is 11.6 Å². The van der Waals surface area contributed by atoms with E-state index in [1.54, 1.807) is 62.8 Å². The zero-order valence-corrected chi connectivity index (χ0v) is 23.8. The number of amides is 2. The number of benzene rings is 4. The SMILES string of the molecule is COc1ccc(NC(=O)Nc2ccc(Oc3ncnc4cc(OCc5ccccc5)c(OC)cc34)cc2Cl)c(OC)c1. The van der Waals surface area contributed by atoms with Crippen molar-refractivity contribution in [2.45, 2.75) is 6.61 Å². The molecule has 2 N–H and O–H groups in total. The minimum absolute atomic E-state index is 0.261. The van der Waals surface area contributed by atoms with Crippen LogP contribution in [-0.2, 0) is 6.61 Å². The van der Waals surface area contributed by atoms with Gasteiger partial charge in [0.15, 0.2) is 11.5 Å². The molecule has 2 amide bonds. The molecule has 0 aliphatic carbocycles. The zero-order valence-electron chi connectivity index (χ0n) is 23.0. The van der Waals surface area contributed by atoms with Crippen LogP contribution in [0.25, 0.3) is 10.9 Å². The Kier molecular flexibility index (Phi) is 8.74. The second kappa shape index (κ2) is 13.0. The minimum atomic E-state index is -0.506. The summed E-state index contributed by atoms with van der Waals surface area (Å²) < 4.78 is 28.2. The molecule has 4 aromatic carbocycles. The average molecular weight is 587 g/mol. The molecule has 10 nitrogen and oxygen atoms in total. The standard InChI is InChI=1S/C31H27ClN4O6/c1-38-20-9-12-25(27(14-20)39-2)36-31(37)35-24-11-10-21(13-23(24)32)42-30-22-15-28(40-3)29(16-26(22)33-18-34-30)41-17-19-7-5-4-6-8-19/h4-16,18H,17H2,1-3H3,(H2,35,36,37). The monoisotopic (exact) mass is 586 g/mol. The Morgan fingerprint density at radius 1 is 0.762 bits per heavy atom. The highest BCUT2D eigenvalue weighted by Crippen LogP contribution is 2.37. The maximum atomic E-state index is 12.7. The molecule has 0 aliphatic rings. The number of nitrogens with one attached hydrogen (secondary N) is 2. The Balaban J connectivity index is 1.30. The molecule has 0 fully saturated rings. The fourth-order valence-corrected chi connectivity index (χ4v) is 4.30. The third-order valence-electron chi connectivity index (χ3n) is 6.18. The summed E-state index contributed by atoms with van der Waals surface area (Å²) in [7, 11) is 4.61. The molecule has 0 saturated heterocycles. The van der Waals surface area contributed by atoms with E-state index >= 15 is 0 Å². The first-order valence-electron chi connectivity index (χ1n) is 12.7. The van der Waals surface area contributed by atoms with E-state index in [0.29, 0.717) is 63.5 Å². The first-order valence-corrected chi connectivity index (χ1v) is 13.1. The molecule has 1 heterocycles. The number of ether oxygens (including phenoxy) is 5. The summed E-state index contributed by atoms with van der Waals surface area (Å²) in [6, 6.07) is 22.8. The van der Waals surface area contributed by atoms with E-state index in [4.69, 9.17) is 35.3 Å². The van der Waals surface area contributed by atoms with Gasteiger partial charge in [0.1, 0.15) is 30.2 Å². The lowest BCUT2D eigenvalue weighted by Gasteiger charge is -2.14. The molecule has 0 saturated carbocycles. The van der Waals surface area contributed by atoms with E-state index in [9.17, 15) is 4.79 Å². The van der Waals surface area contributed by atoms with Crippen molar-refractivity contribution in [2.75, 3.05) is 32.0 Å². The van der Waals surface area contributed by atoms with Crippen LogP contribution in [0.15, 0.2) is 85.2 Å². The van der Waals surface area contributed by atoms with Gasteiger partial charge in [-0.15, -0.1) is 0 Å². The zero-order chi connectivity index (χ0) is 29.5. The molecule has 214 valence electrons. The van der Waals surface area contributed by atoms with Crippen molar-refractivity contribution >= 4 is 39.9 Å². The van der Waals surface area contributed by atoms with Crippen LogP contribution in [0.4, 0.5) is 16.2 Å². The number of carbonyl (C=O) groups is 1. The van der Waals surface area contributed by atoms with E-state index in [0.717, 1.165) is 5.56 Å². The van der Waals surface area contributed by atoms with E-state index in [1.165, 1.54) is 13.4 Å². The van der Waals surface area contributed by atoms with Gasteiger partial charge in [-0.05, 0) is 35.9 Å². The molecule has 0 spiro atoms. The molecule has 0 radical (unpaired) electrons. The molecule has 0 unspecified atom stereocenters. The molecule has 42 heavy (non-hydrogen) atoms. The van der Waals surface area contributed by atoms with Gasteiger partial charge in [0.05, 0.1) is 48.6 Å². The van der Waals surface area contributed by atoms with Crippen LogP contribution in [-0.4, -0.2) is 37.3 Å². The first kappa shape index (κ1) is 28.3. The Bertz CT molecular complexity index is 1720. The van der Waals surface area contributed by atoms with E-state index in [1.807, 2.05) is 30.3 Å². The molecule has 1 aromatic heterocycles. The van der Waals surface area contributed by atoms with Gasteiger partial charge in [-0.2, -0.15) is 0 Å². The van der Waals surface area contributed by atoms with Crippen LogP contribution < -0.4 is 34.3 Å². The first-order chi connectivity index (χ1) is 20.5. The number of carbonyl (C=O) groups excluding carboxylic acids is 1. The highest BCUT2D eigenvalue weighted by atomic mass is 35.5. The van der Waals surface area contributed by atoms with Crippen molar-refractivity contribution in [3.63, 3.8) is 0 Å². The molecule has 5 aromatic rings. The molecular weight excluding hydrogens is 560 g/mol. The van der Waals surface area contributed by atoms with E-state index in [2.05, 4.69) is 20.6 Å². The lowest BCUT2D eigenvalue weighted by molar-refractivity contribution is 0.262. The minimum Gasteiger partial charge on any atom is -0.497 e. The maximum Gasteiger partial charge on any atom is 0.323 e. The largest absolute Gasteiger partial charge is 0.497 e. The lowest BCUT2D eigenvalue weighted by Crippen LogP contribution is -2.20. The summed E-state index contributed by atoms with van der Waals surface area (Å²) in [4.78, 5) is 21.3. The van der Waals surface area contributed by atoms with Gasteiger partial charge in [-0.3, -0.25) is 0 Å². The van der Waals surface area contributed by atoms with Crippen LogP contribution in [0.5, 0.6) is 34.6 Å². The molecule has 5 rings (SSSR count). The molecule has 0 atom stereocenters. The predicted octanol–water partition coefficient (Wildman–Crippen LogP) is 7.32. The molecular formula is C31H27ClN4O6. The second-order valence-corrected chi connectivity index (χ2v) is 9.27. The Hall–Kier alpha value is -5.22. The Labute approximate surface area is 247 Å². The predicted molar refractivity (Wildman–Crippen MR) is 161 cm³/mol. The topological polar surface area (TPSA) is 113 Å². The average Bonchev–Trinajstić information content (AvgIpc) is 3.01. The third-order valence-corrected chi connectivity index (χ3v) is 6.49. The highest BCUT2D eigenvalue weighted by Gasteiger charge is 2.15. The second-order valence-electron chi connectivity index (χ2n) is 8.86. The summed E-state index contributed by atoms with van der Waals surface area (Å²) in [5, 5.41) is 6.34. The number of fused-ring (bicyclic) bond motifs is 1. The summed E-state index contributed by atoms with van der Waals surface area (Å²) >= 11 is 6.48. The fraction of sp³-hybridized carbons (Fsp3) is 0.129. The van der Waals surface area contributed by atoms with Crippen LogP contribution in [0, 0.1) is 0 Å². The normalized spacial score (nSPS) is 10.6. The summed E-state index contributed by atoms with van der Waals surface area (Å²) in [5.41, 5.74) is 2.48. The Morgan fingerprint density at radius 2 is 1.50 bits per heavy atom. The van der Waals surface area contributed by atoms with Gasteiger partial charge in [0.25, 0.3) is 0 Å². The summed E-state index contributed by atoms with van der Waals surface area (Å²) in [6.07, 6.45) is 1.40. The van der Waals surface area contributed by atoms with Crippen molar-refractivity contribution in [2.24, 2.45) is 0 Å². The van der Waals surface area contributed by atoms with Crippen molar-refractivity contribution in [1.29, 1.82) is 0 Å². The molecule has 11 heteroatoms. The number of hydrogen-bond donors (Lipinski definition) is 2. The van der Waals surface area contributed by atoms with E-state index < -0.39 is 6.03 Å². The van der Waals surface area contributed by atoms with Gasteiger partial charge in [0, 0.05) is 18.2 Å². The van der Waals surface area contributed by atoms with Gasteiger partial charge in [-0.1, -0.05) is 41.9 Å². The van der Waals surface area contributed by atoms with Crippen molar-refractivity contribution < 1.29 is 28.5 Å². The number of methoxy groups -OCH3 is 3. The maximum absolute atomic E-state index is 12.7. The number of hydrogen-bond acceptors (Lipinski definition) is 8. The Morgan fingerprint density at radius 3 is 2.24 bits per heavy atom. The van der Waals surface area contributed by atoms with Crippen molar-refractivity contribution in [1.82, 2.24) is 9.97 Å². The van der Waals surface area contributed by atoms with Gasteiger partial charge in [0.2, 0.25) is 5.88 Å². The fourth-order valence-electron chi connectivity index (χ4n) is 4.08. The van der Waals surface area contributed by atoms with Crippen molar-refractivity contribution in [3.05, 3.63) is 95.8 Å². The van der Waals surface area contributed by atoms with Gasteiger partial charge >= 0.3 is 6.03 Å². The smallest absolute Gasteiger partial charge is 0.323 e. The summed E-state index contributed by atoms with van der Waals surface area (Å²) in [6.45, 7) is 0.377. The number of rotatable bonds is 10. The van der Waals surface area contributed by atoms with Crippen LogP contribution in [0.3, 0.4) is 0 Å². The number of urea groups is 1. The number of nitrogens with zero attached hydrogens (tertiary/aromatic N) is 2. The number of halogens is 1. The number of aromatic nitrogens is 2. The highest BCUT2D eigenvalue weighted by molar-refractivity contribution is 6.34. The van der Waals surface area contributed by atoms with Crippen LogP contribution in [0.2, 0.25) is 5.02 Å². The third kappa shape index (κ3) is 6.56. The van der Waals surface area contributed by atoms with E-state index in [-0.39, 0.29) is 5.02 Å². The van der Waals surface area contributed by atoms with Gasteiger partial charge < -0.3 is 34.3 Å². The van der Waals surface area contributed by atoms with Crippen molar-refractivity contribution in [3.8, 4) is 34.6 Å². The lowest BCUT2D eigenvalue weighted by atomic mass is 10.2. The number of anilines is 2. The summed E-state index contributed by atoms with van der Waals surface area (Å²) in [5.74, 6) is 2.81. The molecule has 0 aliphatic heterocycles. The van der Waals surface area contributed by atoms with Gasteiger partial charge in [-0.25, -0.2) is 14.8 Å². The molecule has 0 bridgehead atoms. The van der Waals surface area contributed by atoms with Crippen LogP contribution in [0.1, 0.15) is 5.56 Å². The quantitative estimate of drug-likeness (QED) is 0.175.